The quantitative estimate of drug-likeness (QED) is 0.523. The molecule has 0 saturated heterocycles. The summed E-state index contributed by atoms with van der Waals surface area (Å²) in [4.78, 5) is 4.45. The number of aliphatic hydroxyl groups excluding tert-OH is 1. The molecule has 2 aromatic carbocycles. The number of hydrogen-bond acceptors (Lipinski definition) is 4. The fraction of sp³-hybridized carbons (Fsp3) is 0.350. The fourth-order valence-electron chi connectivity index (χ4n) is 2.74. The highest BCUT2D eigenvalue weighted by molar-refractivity contribution is 6.31. The van der Waals surface area contributed by atoms with E-state index in [1.165, 1.54) is 0 Å². The van der Waals surface area contributed by atoms with Gasteiger partial charge in [-0.2, -0.15) is 0 Å². The van der Waals surface area contributed by atoms with E-state index in [0.717, 1.165) is 11.5 Å². The van der Waals surface area contributed by atoms with Crippen molar-refractivity contribution >= 4 is 17.6 Å². The van der Waals surface area contributed by atoms with E-state index in [0.29, 0.717) is 36.2 Å². The third-order valence-corrected chi connectivity index (χ3v) is 4.44. The van der Waals surface area contributed by atoms with Crippen molar-refractivity contribution in [2.45, 2.75) is 19.1 Å². The van der Waals surface area contributed by atoms with Gasteiger partial charge in [-0.15, -0.1) is 0 Å². The maximum absolute atomic E-state index is 10.4. The Morgan fingerprint density at radius 3 is 2.70 bits per heavy atom. The van der Waals surface area contributed by atoms with Crippen LogP contribution in [0, 0.1) is 0 Å². The predicted octanol–water partition coefficient (Wildman–Crippen LogP) is 2.77. The van der Waals surface area contributed by atoms with Gasteiger partial charge in [-0.1, -0.05) is 41.9 Å². The Kier molecular flexibility index (Phi) is 6.79. The number of aliphatic hydroxyl groups is 1. The average molecular weight is 390 g/mol. The molecule has 2 aromatic rings. The van der Waals surface area contributed by atoms with Crippen molar-refractivity contribution in [3.8, 4) is 11.5 Å². The minimum Gasteiger partial charge on any atom is -0.486 e. The summed E-state index contributed by atoms with van der Waals surface area (Å²) in [5, 5.41) is 17.3. The molecule has 144 valence electrons. The molecule has 0 spiro atoms. The van der Waals surface area contributed by atoms with E-state index >= 15 is 0 Å². The first-order valence-corrected chi connectivity index (χ1v) is 9.38. The molecule has 0 amide bonds. The molecule has 3 N–H and O–H groups in total. The summed E-state index contributed by atoms with van der Waals surface area (Å²) >= 11 is 6.13. The second-order valence-corrected chi connectivity index (χ2v) is 6.54. The Bertz CT molecular complexity index is 785. The number of aliphatic imine (C=N–C) groups is 1. The molecule has 2 atom stereocenters. The summed E-state index contributed by atoms with van der Waals surface area (Å²) in [6, 6.07) is 14.8. The molecule has 6 nitrogen and oxygen atoms in total. The SMILES string of the molecule is CCNC(=NCC(O)c1ccccc1Cl)NCC1COc2ccccc2O1. The first-order chi connectivity index (χ1) is 13.2. The fourth-order valence-corrected chi connectivity index (χ4v) is 3.00. The molecule has 1 aliphatic heterocycles. The van der Waals surface area contributed by atoms with Crippen LogP contribution >= 0.6 is 11.6 Å². The zero-order valence-corrected chi connectivity index (χ0v) is 15.9. The van der Waals surface area contributed by atoms with Crippen LogP contribution in [0.5, 0.6) is 11.5 Å². The van der Waals surface area contributed by atoms with Gasteiger partial charge in [0.1, 0.15) is 18.8 Å². The van der Waals surface area contributed by atoms with Crippen molar-refractivity contribution in [2.24, 2.45) is 4.99 Å². The summed E-state index contributed by atoms with van der Waals surface area (Å²) in [6.07, 6.45) is -0.896. The third kappa shape index (κ3) is 5.28. The van der Waals surface area contributed by atoms with E-state index < -0.39 is 6.10 Å². The van der Waals surface area contributed by atoms with Gasteiger partial charge in [0.25, 0.3) is 0 Å². The van der Waals surface area contributed by atoms with Crippen LogP contribution in [0.25, 0.3) is 0 Å². The maximum atomic E-state index is 10.4. The Morgan fingerprint density at radius 1 is 1.19 bits per heavy atom. The molecule has 0 aromatic heterocycles. The summed E-state index contributed by atoms with van der Waals surface area (Å²) in [7, 11) is 0. The summed E-state index contributed by atoms with van der Waals surface area (Å²) in [5.74, 6) is 2.11. The standard InChI is InChI=1S/C20H24ClN3O3/c1-2-22-20(24-12-17(25)15-7-3-4-8-16(15)21)23-11-14-13-26-18-9-5-6-10-19(18)27-14/h3-10,14,17,25H,2,11-13H2,1H3,(H2,22,23,24). The lowest BCUT2D eigenvalue weighted by molar-refractivity contribution is 0.0936. The molecule has 0 fully saturated rings. The number of halogens is 1. The van der Waals surface area contributed by atoms with Crippen molar-refractivity contribution in [3.63, 3.8) is 0 Å². The van der Waals surface area contributed by atoms with Crippen LogP contribution < -0.4 is 20.1 Å². The molecule has 2 unspecified atom stereocenters. The summed E-state index contributed by atoms with van der Waals surface area (Å²) in [6.45, 7) is 3.88. The van der Waals surface area contributed by atoms with Crippen molar-refractivity contribution in [2.75, 3.05) is 26.2 Å². The number of guanidine groups is 1. The lowest BCUT2D eigenvalue weighted by Gasteiger charge is -2.27. The van der Waals surface area contributed by atoms with Crippen molar-refractivity contribution < 1.29 is 14.6 Å². The van der Waals surface area contributed by atoms with E-state index in [2.05, 4.69) is 15.6 Å². The molecule has 1 aliphatic rings. The zero-order chi connectivity index (χ0) is 19.1. The van der Waals surface area contributed by atoms with Gasteiger partial charge in [0, 0.05) is 17.1 Å². The monoisotopic (exact) mass is 389 g/mol. The number of nitrogens with zero attached hydrogens (tertiary/aromatic N) is 1. The lowest BCUT2D eigenvalue weighted by Crippen LogP contribution is -2.45. The van der Waals surface area contributed by atoms with Gasteiger partial charge in [-0.05, 0) is 25.1 Å². The molecule has 0 saturated carbocycles. The predicted molar refractivity (Wildman–Crippen MR) is 107 cm³/mol. The molecule has 0 aliphatic carbocycles. The molecular weight excluding hydrogens is 366 g/mol. The first-order valence-electron chi connectivity index (χ1n) is 9.00. The van der Waals surface area contributed by atoms with Gasteiger partial charge in [0.2, 0.25) is 0 Å². The van der Waals surface area contributed by atoms with E-state index in [4.69, 9.17) is 21.1 Å². The van der Waals surface area contributed by atoms with Gasteiger partial charge in [-0.25, -0.2) is 0 Å². The van der Waals surface area contributed by atoms with Crippen LogP contribution in [0.15, 0.2) is 53.5 Å². The van der Waals surface area contributed by atoms with Crippen molar-refractivity contribution in [1.82, 2.24) is 10.6 Å². The van der Waals surface area contributed by atoms with Crippen LogP contribution in [0.1, 0.15) is 18.6 Å². The molecule has 27 heavy (non-hydrogen) atoms. The highest BCUT2D eigenvalue weighted by atomic mass is 35.5. The van der Waals surface area contributed by atoms with E-state index in [1.54, 1.807) is 12.1 Å². The second-order valence-electron chi connectivity index (χ2n) is 6.14. The molecule has 3 rings (SSSR count). The Hall–Kier alpha value is -2.44. The number of para-hydroxylation sites is 2. The summed E-state index contributed by atoms with van der Waals surface area (Å²) < 4.78 is 11.7. The lowest BCUT2D eigenvalue weighted by atomic mass is 10.1. The summed E-state index contributed by atoms with van der Waals surface area (Å²) in [5.41, 5.74) is 0.666. The zero-order valence-electron chi connectivity index (χ0n) is 15.2. The van der Waals surface area contributed by atoms with Crippen molar-refractivity contribution in [3.05, 3.63) is 59.1 Å². The first kappa shape index (κ1) is 19.3. The minimum atomic E-state index is -0.768. The minimum absolute atomic E-state index is 0.128. The van der Waals surface area contributed by atoms with E-state index in [1.807, 2.05) is 43.3 Å². The van der Waals surface area contributed by atoms with Gasteiger partial charge in [0.05, 0.1) is 13.1 Å². The van der Waals surface area contributed by atoms with Crippen LogP contribution in [0.3, 0.4) is 0 Å². The maximum Gasteiger partial charge on any atom is 0.191 e. The van der Waals surface area contributed by atoms with Crippen molar-refractivity contribution in [1.29, 1.82) is 0 Å². The number of hydrogen-bond donors (Lipinski definition) is 3. The van der Waals surface area contributed by atoms with Crippen LogP contribution in [-0.4, -0.2) is 43.4 Å². The average Bonchev–Trinajstić information content (AvgIpc) is 2.70. The second kappa shape index (κ2) is 9.48. The normalized spacial score (nSPS) is 17.3. The number of ether oxygens (including phenoxy) is 2. The molecule has 0 radical (unpaired) electrons. The Morgan fingerprint density at radius 2 is 1.93 bits per heavy atom. The number of benzene rings is 2. The van der Waals surface area contributed by atoms with E-state index in [-0.39, 0.29) is 12.6 Å². The van der Waals surface area contributed by atoms with Gasteiger partial charge in [0.15, 0.2) is 17.5 Å². The molecular formula is C20H24ClN3O3. The van der Waals surface area contributed by atoms with Crippen LogP contribution in [0.4, 0.5) is 0 Å². The van der Waals surface area contributed by atoms with Crippen LogP contribution in [0.2, 0.25) is 5.02 Å². The largest absolute Gasteiger partial charge is 0.486 e. The third-order valence-electron chi connectivity index (χ3n) is 4.10. The molecule has 1 heterocycles. The molecule has 0 bridgehead atoms. The topological polar surface area (TPSA) is 75.1 Å². The Balaban J connectivity index is 1.56. The van der Waals surface area contributed by atoms with Crippen LogP contribution in [-0.2, 0) is 0 Å². The Labute approximate surface area is 164 Å². The highest BCUT2D eigenvalue weighted by Gasteiger charge is 2.20. The molecule has 7 heteroatoms. The number of rotatable bonds is 6. The number of nitrogens with one attached hydrogen (secondary N) is 2. The smallest absolute Gasteiger partial charge is 0.191 e. The van der Waals surface area contributed by atoms with Gasteiger partial charge >= 0.3 is 0 Å². The van der Waals surface area contributed by atoms with Gasteiger partial charge in [-0.3, -0.25) is 4.99 Å². The van der Waals surface area contributed by atoms with E-state index in [9.17, 15) is 5.11 Å². The number of fused-ring (bicyclic) bond motifs is 1. The van der Waals surface area contributed by atoms with Gasteiger partial charge < -0.3 is 25.2 Å². The highest BCUT2D eigenvalue weighted by Crippen LogP contribution is 2.30.